The van der Waals surface area contributed by atoms with Gasteiger partial charge in [-0.3, -0.25) is 4.79 Å². The standard InChI is InChI=1S/C18H24N2OS.ClH/c19-12-15-7-3-4-11-20(15)18(21)10-5-6-14-13-22-17-9-2-1-8-16(14)17;/h1-2,8-9,13,15H,3-7,10-12,19H2;1H. The third-order valence-corrected chi connectivity index (χ3v) is 5.63. The number of halogens is 1. The van der Waals surface area contributed by atoms with E-state index in [1.807, 2.05) is 4.90 Å². The van der Waals surface area contributed by atoms with Gasteiger partial charge in [0.1, 0.15) is 0 Å². The lowest BCUT2D eigenvalue weighted by Gasteiger charge is -2.35. The van der Waals surface area contributed by atoms with Crippen molar-refractivity contribution in [3.8, 4) is 0 Å². The van der Waals surface area contributed by atoms with Crippen molar-refractivity contribution in [3.05, 3.63) is 35.2 Å². The number of likely N-dealkylation sites (tertiary alicyclic amines) is 1. The predicted molar refractivity (Wildman–Crippen MR) is 100 cm³/mol. The third-order valence-electron chi connectivity index (χ3n) is 4.62. The Kier molecular flexibility index (Phi) is 6.88. The van der Waals surface area contributed by atoms with Crippen molar-refractivity contribution in [2.45, 2.75) is 44.6 Å². The molecule has 0 saturated carbocycles. The first-order valence-corrected chi connectivity index (χ1v) is 9.12. The molecule has 0 bridgehead atoms. The number of amides is 1. The number of benzene rings is 1. The fourth-order valence-corrected chi connectivity index (χ4v) is 4.37. The Hall–Kier alpha value is -1.10. The van der Waals surface area contributed by atoms with Crippen LogP contribution in [-0.2, 0) is 11.2 Å². The molecule has 1 aliphatic rings. The van der Waals surface area contributed by atoms with E-state index in [1.165, 1.54) is 22.1 Å². The van der Waals surface area contributed by atoms with Gasteiger partial charge in [0.2, 0.25) is 5.91 Å². The van der Waals surface area contributed by atoms with Gasteiger partial charge in [-0.1, -0.05) is 18.2 Å². The van der Waals surface area contributed by atoms with Gasteiger partial charge in [0, 0.05) is 30.3 Å². The lowest BCUT2D eigenvalue weighted by Crippen LogP contribution is -2.47. The van der Waals surface area contributed by atoms with Gasteiger partial charge >= 0.3 is 0 Å². The van der Waals surface area contributed by atoms with Crippen LogP contribution in [0.1, 0.15) is 37.7 Å². The summed E-state index contributed by atoms with van der Waals surface area (Å²) in [6.45, 7) is 1.49. The zero-order valence-corrected chi connectivity index (χ0v) is 15.0. The molecule has 3 nitrogen and oxygen atoms in total. The minimum absolute atomic E-state index is 0. The highest BCUT2D eigenvalue weighted by atomic mass is 35.5. The fourth-order valence-electron chi connectivity index (χ4n) is 3.37. The molecule has 1 atom stereocenters. The van der Waals surface area contributed by atoms with Crippen LogP contribution in [0.3, 0.4) is 0 Å². The van der Waals surface area contributed by atoms with Crippen LogP contribution >= 0.6 is 23.7 Å². The summed E-state index contributed by atoms with van der Waals surface area (Å²) >= 11 is 1.79. The van der Waals surface area contributed by atoms with Crippen LogP contribution in [-0.4, -0.2) is 29.9 Å². The number of aryl methyl sites for hydroxylation is 1. The lowest BCUT2D eigenvalue weighted by atomic mass is 10.0. The first-order valence-electron chi connectivity index (χ1n) is 8.24. The highest BCUT2D eigenvalue weighted by Crippen LogP contribution is 2.27. The quantitative estimate of drug-likeness (QED) is 0.884. The molecule has 0 radical (unpaired) electrons. The van der Waals surface area contributed by atoms with E-state index in [0.29, 0.717) is 13.0 Å². The van der Waals surface area contributed by atoms with E-state index in [-0.39, 0.29) is 24.4 Å². The maximum Gasteiger partial charge on any atom is 0.222 e. The van der Waals surface area contributed by atoms with Gasteiger partial charge in [-0.15, -0.1) is 23.7 Å². The van der Waals surface area contributed by atoms with Gasteiger partial charge in [0.25, 0.3) is 0 Å². The molecule has 1 fully saturated rings. The molecule has 0 aliphatic carbocycles. The molecule has 1 aliphatic heterocycles. The number of fused-ring (bicyclic) bond motifs is 1. The van der Waals surface area contributed by atoms with E-state index in [9.17, 15) is 4.79 Å². The number of carbonyl (C=O) groups excluding carboxylic acids is 1. The van der Waals surface area contributed by atoms with Gasteiger partial charge in [-0.25, -0.2) is 0 Å². The molecule has 1 unspecified atom stereocenters. The van der Waals surface area contributed by atoms with Gasteiger partial charge in [0.15, 0.2) is 0 Å². The zero-order chi connectivity index (χ0) is 15.4. The molecule has 23 heavy (non-hydrogen) atoms. The predicted octanol–water partition coefficient (Wildman–Crippen LogP) is 3.99. The van der Waals surface area contributed by atoms with Gasteiger partial charge < -0.3 is 10.6 Å². The average molecular weight is 353 g/mol. The van der Waals surface area contributed by atoms with Crippen molar-refractivity contribution in [1.29, 1.82) is 0 Å². The second-order valence-electron chi connectivity index (χ2n) is 6.08. The molecule has 126 valence electrons. The van der Waals surface area contributed by atoms with Crippen molar-refractivity contribution in [1.82, 2.24) is 4.90 Å². The number of hydrogen-bond donors (Lipinski definition) is 1. The SMILES string of the molecule is Cl.NCC1CCCCN1C(=O)CCCc1csc2ccccc12. The van der Waals surface area contributed by atoms with Crippen molar-refractivity contribution in [2.24, 2.45) is 5.73 Å². The lowest BCUT2D eigenvalue weighted by molar-refractivity contribution is -0.134. The van der Waals surface area contributed by atoms with Crippen LogP contribution in [0.5, 0.6) is 0 Å². The van der Waals surface area contributed by atoms with Gasteiger partial charge in [-0.2, -0.15) is 0 Å². The van der Waals surface area contributed by atoms with Crippen molar-refractivity contribution in [3.63, 3.8) is 0 Å². The van der Waals surface area contributed by atoms with Crippen LogP contribution in [0.25, 0.3) is 10.1 Å². The Labute approximate surface area is 148 Å². The minimum atomic E-state index is 0. The second-order valence-corrected chi connectivity index (χ2v) is 6.99. The molecule has 1 aromatic heterocycles. The molecule has 3 rings (SSSR count). The topological polar surface area (TPSA) is 46.3 Å². The highest BCUT2D eigenvalue weighted by molar-refractivity contribution is 7.17. The third kappa shape index (κ3) is 4.25. The normalized spacial score (nSPS) is 18.0. The van der Waals surface area contributed by atoms with E-state index in [1.54, 1.807) is 11.3 Å². The summed E-state index contributed by atoms with van der Waals surface area (Å²) < 4.78 is 1.34. The summed E-state index contributed by atoms with van der Waals surface area (Å²) in [5.74, 6) is 0.287. The average Bonchev–Trinajstić information content (AvgIpc) is 2.98. The Morgan fingerprint density at radius 1 is 1.30 bits per heavy atom. The molecule has 5 heteroatoms. The van der Waals surface area contributed by atoms with E-state index in [0.717, 1.165) is 32.2 Å². The Morgan fingerprint density at radius 2 is 2.13 bits per heavy atom. The first kappa shape index (κ1) is 18.2. The molecular formula is C18H25ClN2OS. The summed E-state index contributed by atoms with van der Waals surface area (Å²) in [5, 5.41) is 3.58. The summed E-state index contributed by atoms with van der Waals surface area (Å²) in [6, 6.07) is 8.77. The molecule has 1 amide bonds. The summed E-state index contributed by atoms with van der Waals surface area (Å²) in [7, 11) is 0. The van der Waals surface area contributed by atoms with Crippen molar-refractivity contribution >= 4 is 39.7 Å². The fraction of sp³-hybridized carbons (Fsp3) is 0.500. The maximum atomic E-state index is 12.4. The number of carbonyl (C=O) groups is 1. The Morgan fingerprint density at radius 3 is 2.96 bits per heavy atom. The Bertz CT molecular complexity index is 643. The molecular weight excluding hydrogens is 328 g/mol. The second kappa shape index (κ2) is 8.67. The highest BCUT2D eigenvalue weighted by Gasteiger charge is 2.24. The molecule has 1 saturated heterocycles. The van der Waals surface area contributed by atoms with Crippen LogP contribution in [0.15, 0.2) is 29.6 Å². The van der Waals surface area contributed by atoms with E-state index < -0.39 is 0 Å². The van der Waals surface area contributed by atoms with Gasteiger partial charge in [-0.05, 0) is 54.5 Å². The number of nitrogens with two attached hydrogens (primary N) is 1. The molecule has 2 aromatic rings. The summed E-state index contributed by atoms with van der Waals surface area (Å²) in [4.78, 5) is 14.5. The smallest absolute Gasteiger partial charge is 0.222 e. The van der Waals surface area contributed by atoms with E-state index in [4.69, 9.17) is 5.73 Å². The van der Waals surface area contributed by atoms with Crippen LogP contribution in [0, 0.1) is 0 Å². The molecule has 0 spiro atoms. The van der Waals surface area contributed by atoms with Crippen LogP contribution in [0.4, 0.5) is 0 Å². The number of thiophene rings is 1. The van der Waals surface area contributed by atoms with Crippen molar-refractivity contribution < 1.29 is 4.79 Å². The van der Waals surface area contributed by atoms with E-state index in [2.05, 4.69) is 29.6 Å². The maximum absolute atomic E-state index is 12.4. The number of nitrogens with zero attached hydrogens (tertiary/aromatic N) is 1. The van der Waals surface area contributed by atoms with Gasteiger partial charge in [0.05, 0.1) is 0 Å². The zero-order valence-electron chi connectivity index (χ0n) is 13.4. The molecule has 2 N–H and O–H groups in total. The summed E-state index contributed by atoms with van der Waals surface area (Å²) in [6.07, 6.45) is 5.94. The van der Waals surface area contributed by atoms with Crippen LogP contribution < -0.4 is 5.73 Å². The minimum Gasteiger partial charge on any atom is -0.338 e. The first-order chi connectivity index (χ1) is 10.8. The molecule has 2 heterocycles. The molecule has 1 aromatic carbocycles. The number of rotatable bonds is 5. The number of hydrogen-bond acceptors (Lipinski definition) is 3. The summed E-state index contributed by atoms with van der Waals surface area (Å²) in [5.41, 5.74) is 7.18. The number of piperidine rings is 1. The van der Waals surface area contributed by atoms with Crippen LogP contribution in [0.2, 0.25) is 0 Å². The monoisotopic (exact) mass is 352 g/mol. The van der Waals surface area contributed by atoms with E-state index >= 15 is 0 Å². The Balaban J connectivity index is 0.00000192. The van der Waals surface area contributed by atoms with Crippen molar-refractivity contribution in [2.75, 3.05) is 13.1 Å². The largest absolute Gasteiger partial charge is 0.338 e.